The van der Waals surface area contributed by atoms with Crippen molar-refractivity contribution in [3.63, 3.8) is 0 Å². The van der Waals surface area contributed by atoms with Gasteiger partial charge in [-0.15, -0.1) is 0 Å². The zero-order valence-electron chi connectivity index (χ0n) is 15.5. The number of nitrogens with zero attached hydrogens (tertiary/aromatic N) is 1. The molecule has 0 aliphatic carbocycles. The average Bonchev–Trinajstić information content (AvgIpc) is 2.57. The van der Waals surface area contributed by atoms with E-state index in [9.17, 15) is 13.2 Å². The first-order valence-electron chi connectivity index (χ1n) is 8.14. The number of likely N-dealkylation sites (N-methyl/N-ethyl adjacent to an activating group) is 1. The molecule has 1 N–H and O–H groups in total. The quantitative estimate of drug-likeness (QED) is 0.631. The van der Waals surface area contributed by atoms with Crippen LogP contribution in [0.5, 0.6) is 5.75 Å². The van der Waals surface area contributed by atoms with Gasteiger partial charge in [0.05, 0.1) is 13.7 Å². The van der Waals surface area contributed by atoms with E-state index in [2.05, 4.69) is 5.32 Å². The highest BCUT2D eigenvalue weighted by atomic mass is 32.2. The van der Waals surface area contributed by atoms with Crippen LogP contribution in [0, 0.1) is 0 Å². The molecule has 0 bridgehead atoms. The lowest BCUT2D eigenvalue weighted by molar-refractivity contribution is -0.121. The number of nitrogens with one attached hydrogen (secondary N) is 1. The molecular weight excluding hydrogens is 344 g/mol. The number of amides is 1. The summed E-state index contributed by atoms with van der Waals surface area (Å²) in [5, 5.41) is 2.67. The van der Waals surface area contributed by atoms with E-state index in [1.54, 1.807) is 19.2 Å². The highest BCUT2D eigenvalue weighted by Gasteiger charge is 2.27. The molecule has 0 aliphatic rings. The van der Waals surface area contributed by atoms with Crippen molar-refractivity contribution in [3.8, 4) is 5.75 Å². The lowest BCUT2D eigenvalue weighted by atomic mass is 10.0. The van der Waals surface area contributed by atoms with Gasteiger partial charge in [0, 0.05) is 27.3 Å². The van der Waals surface area contributed by atoms with E-state index in [0.29, 0.717) is 19.6 Å². The SMILES string of the molecule is COCCCNC(=O)CN(C)S(=O)(=O)c1cc(C(C)C)ccc1OC. The number of ether oxygens (including phenoxy) is 2. The summed E-state index contributed by atoms with van der Waals surface area (Å²) in [6.07, 6.45) is 0.670. The molecule has 0 saturated heterocycles. The van der Waals surface area contributed by atoms with Gasteiger partial charge in [0.2, 0.25) is 15.9 Å². The fourth-order valence-electron chi connectivity index (χ4n) is 2.21. The monoisotopic (exact) mass is 372 g/mol. The molecule has 1 aromatic rings. The number of rotatable bonds is 10. The molecule has 25 heavy (non-hydrogen) atoms. The predicted molar refractivity (Wildman–Crippen MR) is 96.4 cm³/mol. The van der Waals surface area contributed by atoms with Crippen molar-refractivity contribution < 1.29 is 22.7 Å². The number of carbonyl (C=O) groups excluding carboxylic acids is 1. The van der Waals surface area contributed by atoms with Crippen molar-refractivity contribution in [2.24, 2.45) is 0 Å². The van der Waals surface area contributed by atoms with E-state index in [4.69, 9.17) is 9.47 Å². The number of benzene rings is 1. The first-order chi connectivity index (χ1) is 11.7. The minimum Gasteiger partial charge on any atom is -0.495 e. The molecule has 0 spiro atoms. The Morgan fingerprint density at radius 1 is 1.28 bits per heavy atom. The molecule has 0 heterocycles. The lowest BCUT2D eigenvalue weighted by Gasteiger charge is -2.19. The topological polar surface area (TPSA) is 84.9 Å². The van der Waals surface area contributed by atoms with Gasteiger partial charge in [-0.05, 0) is 30.0 Å². The van der Waals surface area contributed by atoms with Crippen LogP contribution in [0.3, 0.4) is 0 Å². The van der Waals surface area contributed by atoms with Crippen LogP contribution >= 0.6 is 0 Å². The minimum absolute atomic E-state index is 0.0656. The molecule has 1 amide bonds. The normalized spacial score (nSPS) is 11.8. The number of carbonyl (C=O) groups is 1. The summed E-state index contributed by atoms with van der Waals surface area (Å²) in [5.74, 6) is 0.0761. The number of hydrogen-bond acceptors (Lipinski definition) is 5. The maximum absolute atomic E-state index is 12.8. The predicted octanol–water partition coefficient (Wildman–Crippen LogP) is 1.59. The number of hydrogen-bond donors (Lipinski definition) is 1. The molecule has 1 aromatic carbocycles. The van der Waals surface area contributed by atoms with E-state index >= 15 is 0 Å². The van der Waals surface area contributed by atoms with Crippen LogP contribution in [0.4, 0.5) is 0 Å². The van der Waals surface area contributed by atoms with Crippen LogP contribution in [0.1, 0.15) is 31.7 Å². The maximum atomic E-state index is 12.8. The van der Waals surface area contributed by atoms with Gasteiger partial charge < -0.3 is 14.8 Å². The Bertz CT molecular complexity index is 674. The fraction of sp³-hybridized carbons (Fsp3) is 0.588. The van der Waals surface area contributed by atoms with Gasteiger partial charge in [-0.3, -0.25) is 4.79 Å². The minimum atomic E-state index is -3.85. The van der Waals surface area contributed by atoms with Gasteiger partial charge in [0.15, 0.2) is 0 Å². The molecule has 1 rings (SSSR count). The number of methoxy groups -OCH3 is 2. The maximum Gasteiger partial charge on any atom is 0.246 e. The number of sulfonamides is 1. The average molecular weight is 372 g/mol. The second-order valence-corrected chi connectivity index (χ2v) is 8.04. The molecule has 7 nitrogen and oxygen atoms in total. The van der Waals surface area contributed by atoms with Gasteiger partial charge in [0.25, 0.3) is 0 Å². The molecule has 0 unspecified atom stereocenters. The highest BCUT2D eigenvalue weighted by molar-refractivity contribution is 7.89. The Hall–Kier alpha value is -1.64. The zero-order valence-corrected chi connectivity index (χ0v) is 16.4. The summed E-state index contributed by atoms with van der Waals surface area (Å²) in [7, 11) is 0.542. The van der Waals surface area contributed by atoms with Gasteiger partial charge in [-0.2, -0.15) is 4.31 Å². The largest absolute Gasteiger partial charge is 0.495 e. The molecular formula is C17H28N2O5S. The second-order valence-electron chi connectivity index (χ2n) is 6.02. The zero-order chi connectivity index (χ0) is 19.0. The van der Waals surface area contributed by atoms with Gasteiger partial charge in [-0.1, -0.05) is 19.9 Å². The third-order valence-electron chi connectivity index (χ3n) is 3.76. The summed E-state index contributed by atoms with van der Waals surface area (Å²) in [4.78, 5) is 12.0. The van der Waals surface area contributed by atoms with Crippen molar-refractivity contribution in [2.45, 2.75) is 31.1 Å². The van der Waals surface area contributed by atoms with E-state index in [1.165, 1.54) is 14.2 Å². The molecule has 0 atom stereocenters. The van der Waals surface area contributed by atoms with Crippen LogP contribution < -0.4 is 10.1 Å². The summed E-state index contributed by atoms with van der Waals surface area (Å²) in [6.45, 7) is 4.68. The van der Waals surface area contributed by atoms with E-state index in [1.807, 2.05) is 19.9 Å². The Kier molecular flexibility index (Phi) is 8.34. The Morgan fingerprint density at radius 2 is 1.96 bits per heavy atom. The Labute approximate surface area is 150 Å². The summed E-state index contributed by atoms with van der Waals surface area (Å²) in [5.41, 5.74) is 0.886. The van der Waals surface area contributed by atoms with Crippen LogP contribution in [-0.4, -0.2) is 59.6 Å². The smallest absolute Gasteiger partial charge is 0.246 e. The Morgan fingerprint density at radius 3 is 2.52 bits per heavy atom. The summed E-state index contributed by atoms with van der Waals surface area (Å²) in [6, 6.07) is 5.08. The molecule has 0 radical (unpaired) electrons. The first kappa shape index (κ1) is 21.4. The molecule has 0 aliphatic heterocycles. The standard InChI is InChI=1S/C17H28N2O5S/c1-13(2)14-7-8-15(24-5)16(11-14)25(21,22)19(3)12-17(20)18-9-6-10-23-4/h7-8,11,13H,6,9-10,12H2,1-5H3,(H,18,20). The van der Waals surface area contributed by atoms with Gasteiger partial charge in [0.1, 0.15) is 10.6 Å². The summed E-state index contributed by atoms with van der Waals surface area (Å²) < 4.78 is 36.8. The van der Waals surface area contributed by atoms with E-state index in [0.717, 1.165) is 9.87 Å². The van der Waals surface area contributed by atoms with E-state index in [-0.39, 0.29) is 29.0 Å². The lowest BCUT2D eigenvalue weighted by Crippen LogP contribution is -2.39. The second kappa shape index (κ2) is 9.74. The molecule has 0 fully saturated rings. The van der Waals surface area contributed by atoms with Crippen molar-refractivity contribution in [2.75, 3.05) is 41.0 Å². The van der Waals surface area contributed by atoms with Gasteiger partial charge in [-0.25, -0.2) is 8.42 Å². The van der Waals surface area contributed by atoms with Crippen LogP contribution in [0.15, 0.2) is 23.1 Å². The molecule has 0 saturated carbocycles. The van der Waals surface area contributed by atoms with Crippen LogP contribution in [-0.2, 0) is 19.6 Å². The van der Waals surface area contributed by atoms with Crippen molar-refractivity contribution >= 4 is 15.9 Å². The van der Waals surface area contributed by atoms with Gasteiger partial charge >= 0.3 is 0 Å². The van der Waals surface area contributed by atoms with Crippen LogP contribution in [0.2, 0.25) is 0 Å². The first-order valence-corrected chi connectivity index (χ1v) is 9.58. The third-order valence-corrected chi connectivity index (χ3v) is 5.58. The Balaban J connectivity index is 2.92. The molecule has 8 heteroatoms. The molecule has 0 aromatic heterocycles. The van der Waals surface area contributed by atoms with Crippen molar-refractivity contribution in [3.05, 3.63) is 23.8 Å². The summed E-state index contributed by atoms with van der Waals surface area (Å²) >= 11 is 0. The fourth-order valence-corrected chi connectivity index (χ4v) is 3.52. The third kappa shape index (κ3) is 5.98. The van der Waals surface area contributed by atoms with Crippen LogP contribution in [0.25, 0.3) is 0 Å². The molecule has 142 valence electrons. The van der Waals surface area contributed by atoms with Crippen molar-refractivity contribution in [1.82, 2.24) is 9.62 Å². The highest BCUT2D eigenvalue weighted by Crippen LogP contribution is 2.29. The van der Waals surface area contributed by atoms with E-state index < -0.39 is 10.0 Å². The van der Waals surface area contributed by atoms with Crippen molar-refractivity contribution in [1.29, 1.82) is 0 Å².